The highest BCUT2D eigenvalue weighted by atomic mass is 32.2. The van der Waals surface area contributed by atoms with Crippen LogP contribution in [0.1, 0.15) is 6.92 Å². The van der Waals surface area contributed by atoms with Gasteiger partial charge in [0.05, 0.1) is 0 Å². The highest BCUT2D eigenvalue weighted by Crippen LogP contribution is 2.00. The molecular formula is C4H7BOS-. The number of hydrogen-bond donors (Lipinski definition) is 0. The van der Waals surface area contributed by atoms with Gasteiger partial charge >= 0.3 is 0 Å². The Balaban J connectivity index is 2.82. The molecule has 0 N–H and O–H groups in total. The summed E-state index contributed by atoms with van der Waals surface area (Å²) in [5.74, 6) is 0.745. The second-order valence-corrected chi connectivity index (χ2v) is 2.40. The molecule has 39 valence electrons. The fourth-order valence-corrected chi connectivity index (χ4v) is 0.608. The van der Waals surface area contributed by atoms with Crippen LogP contribution < -0.4 is 0 Å². The van der Waals surface area contributed by atoms with Gasteiger partial charge in [0, 0.05) is 6.92 Å². The van der Waals surface area contributed by atoms with Crippen molar-refractivity contribution >= 4 is 24.7 Å². The van der Waals surface area contributed by atoms with E-state index in [1.807, 2.05) is 0 Å². The van der Waals surface area contributed by atoms with Gasteiger partial charge in [-0.25, -0.2) is 0 Å². The van der Waals surface area contributed by atoms with Gasteiger partial charge in [0.2, 0.25) is 0 Å². The van der Waals surface area contributed by atoms with Gasteiger partial charge in [-0.15, -0.1) is 0 Å². The van der Waals surface area contributed by atoms with Crippen molar-refractivity contribution in [2.75, 3.05) is 5.75 Å². The smallest absolute Gasteiger partial charge is 0.185 e. The van der Waals surface area contributed by atoms with Gasteiger partial charge in [0.15, 0.2) is 5.12 Å². The standard InChI is InChI=1S/C4H7BOS/c1-4(6)7-3-2-5/h2-3H2,1H3/q-1. The third-order valence-corrected chi connectivity index (χ3v) is 1.27. The van der Waals surface area contributed by atoms with Crippen molar-refractivity contribution in [3.05, 3.63) is 0 Å². The third-order valence-electron chi connectivity index (χ3n) is 0.423. The monoisotopic (exact) mass is 114 g/mol. The van der Waals surface area contributed by atoms with Crippen LogP contribution in [0.4, 0.5) is 0 Å². The average Bonchev–Trinajstić information content (AvgIpc) is 1.61. The van der Waals surface area contributed by atoms with E-state index in [-0.39, 0.29) is 5.12 Å². The molecule has 0 spiro atoms. The molecule has 0 aromatic carbocycles. The lowest BCUT2D eigenvalue weighted by Gasteiger charge is -1.97. The van der Waals surface area contributed by atoms with Gasteiger partial charge in [0.1, 0.15) is 0 Å². The molecule has 3 radical (unpaired) electrons. The molecule has 1 nitrogen and oxygen atoms in total. The first-order chi connectivity index (χ1) is 3.27. The minimum atomic E-state index is 0.144. The Morgan fingerprint density at radius 2 is 2.43 bits per heavy atom. The van der Waals surface area contributed by atoms with Crippen molar-refractivity contribution in [1.82, 2.24) is 0 Å². The van der Waals surface area contributed by atoms with Crippen LogP contribution in [-0.4, -0.2) is 18.7 Å². The van der Waals surface area contributed by atoms with Gasteiger partial charge < -0.3 is 7.85 Å². The van der Waals surface area contributed by atoms with E-state index in [4.69, 9.17) is 7.85 Å². The van der Waals surface area contributed by atoms with Crippen LogP contribution in [0.15, 0.2) is 0 Å². The van der Waals surface area contributed by atoms with E-state index < -0.39 is 0 Å². The van der Waals surface area contributed by atoms with E-state index in [9.17, 15) is 4.79 Å². The number of carbonyl (C=O) groups excluding carboxylic acids is 1. The quantitative estimate of drug-likeness (QED) is 0.495. The van der Waals surface area contributed by atoms with Gasteiger partial charge in [-0.1, -0.05) is 11.8 Å². The van der Waals surface area contributed by atoms with Crippen molar-refractivity contribution in [3.63, 3.8) is 0 Å². The Bertz CT molecular complexity index is 64.7. The summed E-state index contributed by atoms with van der Waals surface area (Å²) < 4.78 is 0. The van der Waals surface area contributed by atoms with Crippen LogP contribution in [0.3, 0.4) is 0 Å². The second-order valence-electron chi connectivity index (χ2n) is 1.13. The second kappa shape index (κ2) is 4.25. The number of rotatable bonds is 2. The summed E-state index contributed by atoms with van der Waals surface area (Å²) in [6.07, 6.45) is 0.588. The lowest BCUT2D eigenvalue weighted by Crippen LogP contribution is -1.83. The van der Waals surface area contributed by atoms with E-state index in [1.54, 1.807) is 6.92 Å². The van der Waals surface area contributed by atoms with Crippen LogP contribution in [-0.2, 0) is 4.79 Å². The molecule has 0 amide bonds. The van der Waals surface area contributed by atoms with Crippen molar-refractivity contribution in [1.29, 1.82) is 0 Å². The summed E-state index contributed by atoms with van der Waals surface area (Å²) in [7, 11) is 5.10. The van der Waals surface area contributed by atoms with Crippen molar-refractivity contribution in [2.45, 2.75) is 13.2 Å². The van der Waals surface area contributed by atoms with Crippen LogP contribution in [0, 0.1) is 0 Å². The molecule has 0 rings (SSSR count). The summed E-state index contributed by atoms with van der Waals surface area (Å²) in [6, 6.07) is 0. The lowest BCUT2D eigenvalue weighted by atomic mass is 10.1. The Kier molecular flexibility index (Phi) is 4.30. The molecule has 0 aliphatic rings. The maximum Gasteiger partial charge on any atom is 0.185 e. The van der Waals surface area contributed by atoms with Crippen molar-refractivity contribution in [2.24, 2.45) is 0 Å². The molecule has 0 saturated carbocycles. The predicted octanol–water partition coefficient (Wildman–Crippen LogP) is 0.853. The van der Waals surface area contributed by atoms with Crippen LogP contribution in [0.5, 0.6) is 0 Å². The highest BCUT2D eigenvalue weighted by molar-refractivity contribution is 8.13. The van der Waals surface area contributed by atoms with Crippen molar-refractivity contribution < 1.29 is 4.79 Å². The van der Waals surface area contributed by atoms with Crippen LogP contribution in [0.25, 0.3) is 0 Å². The predicted molar refractivity (Wildman–Crippen MR) is 33.7 cm³/mol. The Morgan fingerprint density at radius 1 is 1.86 bits per heavy atom. The van der Waals surface area contributed by atoms with Gasteiger partial charge in [0.25, 0.3) is 0 Å². The zero-order valence-electron chi connectivity index (χ0n) is 4.31. The van der Waals surface area contributed by atoms with E-state index in [0.717, 1.165) is 5.75 Å². The summed E-state index contributed by atoms with van der Waals surface area (Å²) in [4.78, 5) is 10.1. The molecule has 0 bridgehead atoms. The van der Waals surface area contributed by atoms with E-state index in [0.29, 0.717) is 6.32 Å². The molecule has 0 aliphatic heterocycles. The highest BCUT2D eigenvalue weighted by Gasteiger charge is 1.84. The molecule has 0 aliphatic carbocycles. The molecule has 0 atom stereocenters. The molecule has 0 aromatic heterocycles. The van der Waals surface area contributed by atoms with Crippen LogP contribution >= 0.6 is 11.8 Å². The Hall–Kier alpha value is 0.0849. The molecule has 0 aromatic rings. The SMILES string of the molecule is [B-]CCSC(C)=O. The van der Waals surface area contributed by atoms with Gasteiger partial charge in [-0.05, 0) is 5.75 Å². The zero-order chi connectivity index (χ0) is 5.70. The molecule has 0 saturated heterocycles. The Morgan fingerprint density at radius 3 is 2.57 bits per heavy atom. The van der Waals surface area contributed by atoms with E-state index >= 15 is 0 Å². The fourth-order valence-electron chi connectivity index (χ4n) is 0.203. The number of hydrogen-bond acceptors (Lipinski definition) is 2. The Labute approximate surface area is 49.3 Å². The first-order valence-electron chi connectivity index (χ1n) is 2.11. The summed E-state index contributed by atoms with van der Waals surface area (Å²) in [6.45, 7) is 1.54. The normalized spacial score (nSPS) is 8.86. The van der Waals surface area contributed by atoms with E-state index in [2.05, 4.69) is 0 Å². The lowest BCUT2D eigenvalue weighted by molar-refractivity contribution is -0.109. The first kappa shape index (κ1) is 7.08. The van der Waals surface area contributed by atoms with Gasteiger partial charge in [-0.2, -0.15) is 0 Å². The minimum absolute atomic E-state index is 0.144. The minimum Gasteiger partial charge on any atom is -0.625 e. The first-order valence-corrected chi connectivity index (χ1v) is 3.09. The summed E-state index contributed by atoms with van der Waals surface area (Å²) in [5.41, 5.74) is 0. The third kappa shape index (κ3) is 6.08. The zero-order valence-corrected chi connectivity index (χ0v) is 5.12. The fraction of sp³-hybridized carbons (Fsp3) is 0.750. The molecule has 7 heavy (non-hydrogen) atoms. The van der Waals surface area contributed by atoms with Gasteiger partial charge in [-0.3, -0.25) is 11.1 Å². The largest absolute Gasteiger partial charge is 0.625 e. The molecule has 0 fully saturated rings. The molecular weight excluding hydrogens is 107 g/mol. The summed E-state index contributed by atoms with van der Waals surface area (Å²) >= 11 is 1.27. The summed E-state index contributed by atoms with van der Waals surface area (Å²) in [5, 5.41) is 0.144. The molecule has 3 heteroatoms. The molecule has 0 heterocycles. The van der Waals surface area contributed by atoms with Crippen molar-refractivity contribution in [3.8, 4) is 0 Å². The number of thioether (sulfide) groups is 1. The number of carbonyl (C=O) groups is 1. The maximum absolute atomic E-state index is 10.1. The molecule has 0 unspecified atom stereocenters. The topological polar surface area (TPSA) is 17.1 Å². The van der Waals surface area contributed by atoms with Crippen LogP contribution in [0.2, 0.25) is 6.32 Å². The maximum atomic E-state index is 10.1. The van der Waals surface area contributed by atoms with E-state index in [1.165, 1.54) is 11.8 Å². The average molecular weight is 114 g/mol.